The molecule has 104 valence electrons. The van der Waals surface area contributed by atoms with Gasteiger partial charge >= 0.3 is 6.18 Å². The molecule has 1 N–H and O–H groups in total. The van der Waals surface area contributed by atoms with Crippen LogP contribution in [0, 0.1) is 0 Å². The van der Waals surface area contributed by atoms with Crippen LogP contribution in [0.2, 0.25) is 0 Å². The first-order valence-corrected chi connectivity index (χ1v) is 5.92. The van der Waals surface area contributed by atoms with Crippen molar-refractivity contribution in [1.29, 1.82) is 0 Å². The molecule has 6 heteroatoms. The van der Waals surface area contributed by atoms with Gasteiger partial charge in [0.15, 0.2) is 0 Å². The molecule has 1 atom stereocenters. The minimum atomic E-state index is -4.30. The molecule has 18 heavy (non-hydrogen) atoms. The topological polar surface area (TPSA) is 34.4 Å². The van der Waals surface area contributed by atoms with Crippen LogP contribution in [0.25, 0.3) is 0 Å². The normalized spacial score (nSPS) is 13.8. The highest BCUT2D eigenvalue weighted by Crippen LogP contribution is 2.20. The lowest BCUT2D eigenvalue weighted by atomic mass is 10.2. The molecule has 1 heterocycles. The van der Waals surface area contributed by atoms with Crippen LogP contribution in [0.3, 0.4) is 0 Å². The summed E-state index contributed by atoms with van der Waals surface area (Å²) >= 11 is 0. The maximum Gasteiger partial charge on any atom is 0.411 e. The zero-order valence-corrected chi connectivity index (χ0v) is 10.5. The van der Waals surface area contributed by atoms with Crippen molar-refractivity contribution in [3.05, 3.63) is 23.7 Å². The first kappa shape index (κ1) is 15.0. The lowest BCUT2D eigenvalue weighted by Gasteiger charge is -2.16. The molecule has 0 radical (unpaired) electrons. The van der Waals surface area contributed by atoms with Gasteiger partial charge in [0.2, 0.25) is 0 Å². The van der Waals surface area contributed by atoms with Gasteiger partial charge in [-0.25, -0.2) is 0 Å². The van der Waals surface area contributed by atoms with Crippen molar-refractivity contribution in [2.24, 2.45) is 0 Å². The van der Waals surface area contributed by atoms with Crippen molar-refractivity contribution in [2.75, 3.05) is 19.8 Å². The second kappa shape index (κ2) is 6.80. The Bertz CT molecular complexity index is 349. The molecule has 1 aromatic heterocycles. The second-order valence-corrected chi connectivity index (χ2v) is 3.90. The van der Waals surface area contributed by atoms with Crippen LogP contribution in [0.15, 0.2) is 16.5 Å². The quantitative estimate of drug-likeness (QED) is 0.822. The van der Waals surface area contributed by atoms with Gasteiger partial charge in [-0.2, -0.15) is 13.2 Å². The fourth-order valence-corrected chi connectivity index (χ4v) is 1.55. The first-order chi connectivity index (χ1) is 8.46. The molecule has 0 aliphatic rings. The number of likely N-dealkylation sites (N-methyl/N-ethyl adjacent to an activating group) is 1. The Hall–Kier alpha value is -1.01. The molecule has 0 aromatic carbocycles. The molecular formula is C12H18F3NO2. The Kier molecular flexibility index (Phi) is 5.68. The summed E-state index contributed by atoms with van der Waals surface area (Å²) in [6, 6.07) is 3.24. The zero-order chi connectivity index (χ0) is 13.6. The third-order valence-electron chi connectivity index (χ3n) is 2.38. The van der Waals surface area contributed by atoms with E-state index in [0.717, 1.165) is 12.2 Å². The van der Waals surface area contributed by atoms with Gasteiger partial charge in [-0.15, -0.1) is 0 Å². The number of halogens is 3. The summed E-state index contributed by atoms with van der Waals surface area (Å²) in [6.07, 6.45) is -3.54. The predicted octanol–water partition coefficient (Wildman–Crippen LogP) is 3.07. The molecular weight excluding hydrogens is 247 g/mol. The Labute approximate surface area is 104 Å². The first-order valence-electron chi connectivity index (χ1n) is 5.92. The van der Waals surface area contributed by atoms with E-state index in [4.69, 9.17) is 4.42 Å². The van der Waals surface area contributed by atoms with E-state index < -0.39 is 12.8 Å². The third-order valence-corrected chi connectivity index (χ3v) is 2.38. The van der Waals surface area contributed by atoms with Crippen molar-refractivity contribution < 1.29 is 22.3 Å². The Morgan fingerprint density at radius 3 is 2.56 bits per heavy atom. The molecule has 1 unspecified atom stereocenters. The van der Waals surface area contributed by atoms with Crippen molar-refractivity contribution in [2.45, 2.75) is 32.5 Å². The van der Waals surface area contributed by atoms with Crippen LogP contribution in [0.1, 0.15) is 31.4 Å². The van der Waals surface area contributed by atoms with Crippen LogP contribution in [0.4, 0.5) is 13.2 Å². The summed E-state index contributed by atoms with van der Waals surface area (Å²) in [5.74, 6) is 1.42. The molecule has 0 aliphatic heterocycles. The molecule has 0 saturated heterocycles. The van der Waals surface area contributed by atoms with Crippen molar-refractivity contribution in [3.8, 4) is 0 Å². The maximum atomic E-state index is 12.0. The van der Waals surface area contributed by atoms with Crippen LogP contribution in [0.5, 0.6) is 0 Å². The molecule has 0 spiro atoms. The molecule has 3 nitrogen and oxygen atoms in total. The maximum absolute atomic E-state index is 12.0. The van der Waals surface area contributed by atoms with Crippen LogP contribution >= 0.6 is 0 Å². The summed E-state index contributed by atoms with van der Waals surface area (Å²) in [7, 11) is 0. The van der Waals surface area contributed by atoms with Gasteiger partial charge in [0.1, 0.15) is 18.1 Å². The lowest BCUT2D eigenvalue weighted by molar-refractivity contribution is -0.175. The van der Waals surface area contributed by atoms with Gasteiger partial charge in [-0.05, 0) is 18.7 Å². The molecule has 0 aliphatic carbocycles. The van der Waals surface area contributed by atoms with E-state index in [2.05, 4.69) is 10.1 Å². The number of furan rings is 1. The number of ether oxygens (including phenoxy) is 1. The summed E-state index contributed by atoms with van der Waals surface area (Å²) < 4.78 is 46.1. The van der Waals surface area contributed by atoms with Gasteiger partial charge in [0.05, 0.1) is 12.6 Å². The average Bonchev–Trinajstić information content (AvgIpc) is 2.74. The fourth-order valence-electron chi connectivity index (χ4n) is 1.55. The van der Waals surface area contributed by atoms with E-state index in [0.29, 0.717) is 12.3 Å². The summed E-state index contributed by atoms with van der Waals surface area (Å²) in [5, 5.41) is 3.04. The van der Waals surface area contributed by atoms with Crippen molar-refractivity contribution >= 4 is 0 Å². The van der Waals surface area contributed by atoms with Gasteiger partial charge in [0, 0.05) is 6.42 Å². The highest BCUT2D eigenvalue weighted by atomic mass is 19.4. The minimum absolute atomic E-state index is 0.0655. The summed E-state index contributed by atoms with van der Waals surface area (Å²) in [4.78, 5) is 0. The van der Waals surface area contributed by atoms with Gasteiger partial charge < -0.3 is 14.5 Å². The smallest absolute Gasteiger partial charge is 0.411 e. The SMILES string of the molecule is CCNC(COCC(F)(F)F)c1ccc(CC)o1. The highest BCUT2D eigenvalue weighted by molar-refractivity contribution is 5.10. The zero-order valence-electron chi connectivity index (χ0n) is 10.5. The van der Waals surface area contributed by atoms with Crippen molar-refractivity contribution in [3.63, 3.8) is 0 Å². The molecule has 0 amide bonds. The van der Waals surface area contributed by atoms with Crippen LogP contribution in [-0.4, -0.2) is 25.9 Å². The summed E-state index contributed by atoms with van der Waals surface area (Å²) in [5.41, 5.74) is 0. The third kappa shape index (κ3) is 5.10. The molecule has 0 saturated carbocycles. The van der Waals surface area contributed by atoms with Gasteiger partial charge in [-0.1, -0.05) is 13.8 Å². The lowest BCUT2D eigenvalue weighted by Crippen LogP contribution is -2.27. The molecule has 1 rings (SSSR count). The molecule has 0 bridgehead atoms. The van der Waals surface area contributed by atoms with Gasteiger partial charge in [0.25, 0.3) is 0 Å². The molecule has 1 aromatic rings. The minimum Gasteiger partial charge on any atom is -0.464 e. The number of hydrogen-bond acceptors (Lipinski definition) is 3. The monoisotopic (exact) mass is 265 g/mol. The van der Waals surface area contributed by atoms with Gasteiger partial charge in [-0.3, -0.25) is 0 Å². The second-order valence-electron chi connectivity index (χ2n) is 3.90. The highest BCUT2D eigenvalue weighted by Gasteiger charge is 2.28. The Morgan fingerprint density at radius 2 is 2.06 bits per heavy atom. The van der Waals surface area contributed by atoms with E-state index in [1.54, 1.807) is 6.07 Å². The summed E-state index contributed by atoms with van der Waals surface area (Å²) in [6.45, 7) is 3.15. The number of hydrogen-bond donors (Lipinski definition) is 1. The van der Waals surface area contributed by atoms with E-state index >= 15 is 0 Å². The average molecular weight is 265 g/mol. The van der Waals surface area contributed by atoms with Crippen LogP contribution < -0.4 is 5.32 Å². The Balaban J connectivity index is 2.54. The number of nitrogens with one attached hydrogen (secondary N) is 1. The fraction of sp³-hybridized carbons (Fsp3) is 0.667. The Morgan fingerprint density at radius 1 is 1.33 bits per heavy atom. The van der Waals surface area contributed by atoms with E-state index in [9.17, 15) is 13.2 Å². The van der Waals surface area contributed by atoms with Crippen molar-refractivity contribution in [1.82, 2.24) is 5.32 Å². The number of rotatable bonds is 7. The standard InChI is InChI=1S/C12H18F3NO2/c1-3-9-5-6-11(18-9)10(16-4-2)7-17-8-12(13,14)15/h5-6,10,16H,3-4,7-8H2,1-2H3. The number of alkyl halides is 3. The predicted molar refractivity (Wildman–Crippen MR) is 61.4 cm³/mol. The number of aryl methyl sites for hydroxylation is 1. The van der Waals surface area contributed by atoms with E-state index in [1.165, 1.54) is 0 Å². The largest absolute Gasteiger partial charge is 0.464 e. The van der Waals surface area contributed by atoms with E-state index in [-0.39, 0.29) is 12.6 Å². The van der Waals surface area contributed by atoms with Crippen LogP contribution in [-0.2, 0) is 11.2 Å². The van der Waals surface area contributed by atoms with E-state index in [1.807, 2.05) is 19.9 Å². The molecule has 0 fully saturated rings.